The summed E-state index contributed by atoms with van der Waals surface area (Å²) in [5, 5.41) is -0.315. The molecule has 0 aliphatic heterocycles. The number of hydrogen-bond acceptors (Lipinski definition) is 4. The van der Waals surface area contributed by atoms with E-state index in [2.05, 4.69) is 14.4 Å². The summed E-state index contributed by atoms with van der Waals surface area (Å²) < 4.78 is 57.8. The van der Waals surface area contributed by atoms with Crippen molar-refractivity contribution in [2.24, 2.45) is 4.40 Å². The van der Waals surface area contributed by atoms with Crippen molar-refractivity contribution in [2.75, 3.05) is 0 Å². The summed E-state index contributed by atoms with van der Waals surface area (Å²) >= 11 is -1.57. The first kappa shape index (κ1) is 20.3. The standard InChI is InChI=1S/C20H18F3N3OS/c1-11-5-6-12(9-24-11)18-13(10-25-28(27)20(2,3)4)7-14-17(23)15(21)8-16(22)19(14)26-18/h5-10H,1-4H3. The minimum atomic E-state index is -1.57. The minimum Gasteiger partial charge on any atom is -0.591 e. The van der Waals surface area contributed by atoms with Gasteiger partial charge in [0, 0.05) is 34.5 Å². The number of aryl methyl sites for hydroxylation is 1. The number of benzene rings is 1. The lowest BCUT2D eigenvalue weighted by Crippen LogP contribution is -2.25. The van der Waals surface area contributed by atoms with Crippen LogP contribution in [0.25, 0.3) is 22.2 Å². The number of rotatable bonds is 3. The smallest absolute Gasteiger partial charge is 0.168 e. The molecule has 28 heavy (non-hydrogen) atoms. The molecule has 0 amide bonds. The summed E-state index contributed by atoms with van der Waals surface area (Å²) in [6.07, 6.45) is 2.82. The second-order valence-corrected chi connectivity index (χ2v) is 9.19. The Labute approximate surface area is 163 Å². The van der Waals surface area contributed by atoms with Crippen LogP contribution < -0.4 is 0 Å². The van der Waals surface area contributed by atoms with Crippen LogP contribution in [0.1, 0.15) is 32.0 Å². The maximum Gasteiger partial charge on any atom is 0.168 e. The van der Waals surface area contributed by atoms with Crippen LogP contribution in [0.4, 0.5) is 13.2 Å². The van der Waals surface area contributed by atoms with Gasteiger partial charge in [-0.3, -0.25) is 4.98 Å². The van der Waals surface area contributed by atoms with Crippen molar-refractivity contribution in [2.45, 2.75) is 32.4 Å². The molecule has 2 heterocycles. The first-order chi connectivity index (χ1) is 13.1. The van der Waals surface area contributed by atoms with Gasteiger partial charge in [0.1, 0.15) is 21.6 Å². The summed E-state index contributed by atoms with van der Waals surface area (Å²) in [7, 11) is 0. The highest BCUT2D eigenvalue weighted by atomic mass is 32.2. The third-order valence-electron chi connectivity index (χ3n) is 3.97. The molecule has 0 radical (unpaired) electrons. The molecule has 8 heteroatoms. The largest absolute Gasteiger partial charge is 0.591 e. The van der Waals surface area contributed by atoms with Crippen molar-refractivity contribution < 1.29 is 17.7 Å². The molecule has 146 valence electrons. The maximum atomic E-state index is 14.2. The van der Waals surface area contributed by atoms with Gasteiger partial charge in [-0.2, -0.15) is 0 Å². The molecule has 0 aliphatic carbocycles. The van der Waals surface area contributed by atoms with Crippen LogP contribution in [0.15, 0.2) is 34.9 Å². The second kappa shape index (κ2) is 7.52. The van der Waals surface area contributed by atoms with Crippen molar-refractivity contribution in [3.05, 3.63) is 59.2 Å². The lowest BCUT2D eigenvalue weighted by atomic mass is 10.0. The van der Waals surface area contributed by atoms with Crippen molar-refractivity contribution >= 4 is 28.5 Å². The molecule has 0 N–H and O–H groups in total. The number of hydrogen-bond donors (Lipinski definition) is 0. The quantitative estimate of drug-likeness (QED) is 0.354. The zero-order valence-electron chi connectivity index (χ0n) is 15.8. The van der Waals surface area contributed by atoms with E-state index in [1.807, 2.05) is 6.92 Å². The van der Waals surface area contributed by atoms with Gasteiger partial charge in [-0.1, -0.05) is 4.40 Å². The SMILES string of the molecule is Cc1ccc(-c2nc3c(F)cc(F)c(F)c3cc2C=N[S+]([O-])C(C)(C)C)cn1. The molecule has 0 saturated carbocycles. The lowest BCUT2D eigenvalue weighted by Gasteiger charge is -2.18. The van der Waals surface area contributed by atoms with E-state index in [0.29, 0.717) is 11.6 Å². The number of aromatic nitrogens is 2. The van der Waals surface area contributed by atoms with Gasteiger partial charge >= 0.3 is 0 Å². The molecule has 0 aliphatic rings. The molecule has 3 rings (SSSR count). The Morgan fingerprint density at radius 2 is 1.82 bits per heavy atom. The van der Waals surface area contributed by atoms with E-state index < -0.39 is 33.6 Å². The number of nitrogens with zero attached hydrogens (tertiary/aromatic N) is 3. The maximum absolute atomic E-state index is 14.2. The summed E-state index contributed by atoms with van der Waals surface area (Å²) in [5.41, 5.74) is 1.57. The zero-order chi connectivity index (χ0) is 20.6. The molecule has 0 bridgehead atoms. The minimum absolute atomic E-state index is 0.277. The van der Waals surface area contributed by atoms with Crippen LogP contribution in [-0.4, -0.2) is 25.5 Å². The fourth-order valence-corrected chi connectivity index (χ4v) is 2.98. The van der Waals surface area contributed by atoms with Crippen LogP contribution in [0.5, 0.6) is 0 Å². The van der Waals surface area contributed by atoms with Gasteiger partial charge in [-0.05, 0) is 45.9 Å². The normalized spacial score (nSPS) is 13.4. The third kappa shape index (κ3) is 4.02. The van der Waals surface area contributed by atoms with Gasteiger partial charge in [0.25, 0.3) is 0 Å². The van der Waals surface area contributed by atoms with E-state index in [0.717, 1.165) is 5.69 Å². The Balaban J connectivity index is 2.26. The number of halogens is 3. The first-order valence-corrected chi connectivity index (χ1v) is 9.56. The first-order valence-electron chi connectivity index (χ1n) is 8.45. The Morgan fingerprint density at radius 3 is 2.43 bits per heavy atom. The fraction of sp³-hybridized carbons (Fsp3) is 0.250. The fourth-order valence-electron chi connectivity index (χ4n) is 2.45. The molecule has 0 spiro atoms. The van der Waals surface area contributed by atoms with Crippen LogP contribution in [0, 0.1) is 24.4 Å². The highest BCUT2D eigenvalue weighted by molar-refractivity contribution is 7.91. The molecule has 2 aromatic heterocycles. The molecule has 0 fully saturated rings. The van der Waals surface area contributed by atoms with Crippen LogP contribution >= 0.6 is 0 Å². The lowest BCUT2D eigenvalue weighted by molar-refractivity contribution is 0.505. The Bertz CT molecular complexity index is 1060. The van der Waals surface area contributed by atoms with Crippen molar-refractivity contribution in [1.29, 1.82) is 0 Å². The Kier molecular flexibility index (Phi) is 5.45. The predicted molar refractivity (Wildman–Crippen MR) is 105 cm³/mol. The molecule has 3 aromatic rings. The molecule has 1 aromatic carbocycles. The Morgan fingerprint density at radius 1 is 1.11 bits per heavy atom. The van der Waals surface area contributed by atoms with Gasteiger partial charge in [0.15, 0.2) is 17.5 Å². The van der Waals surface area contributed by atoms with E-state index in [1.54, 1.807) is 39.1 Å². The second-order valence-electron chi connectivity index (χ2n) is 7.26. The summed E-state index contributed by atoms with van der Waals surface area (Å²) in [6, 6.07) is 5.19. The predicted octanol–water partition coefficient (Wildman–Crippen LogP) is 4.90. The van der Waals surface area contributed by atoms with Gasteiger partial charge < -0.3 is 4.55 Å². The van der Waals surface area contributed by atoms with E-state index in [4.69, 9.17) is 0 Å². The Hall–Kier alpha value is -2.45. The van der Waals surface area contributed by atoms with Crippen LogP contribution in [0.3, 0.4) is 0 Å². The van der Waals surface area contributed by atoms with Gasteiger partial charge in [0.05, 0.1) is 11.9 Å². The van der Waals surface area contributed by atoms with Crippen molar-refractivity contribution in [3.8, 4) is 11.3 Å². The van der Waals surface area contributed by atoms with Crippen molar-refractivity contribution in [1.82, 2.24) is 9.97 Å². The summed E-state index contributed by atoms with van der Waals surface area (Å²) in [4.78, 5) is 8.40. The highest BCUT2D eigenvalue weighted by Crippen LogP contribution is 2.29. The van der Waals surface area contributed by atoms with Crippen LogP contribution in [-0.2, 0) is 11.4 Å². The number of fused-ring (bicyclic) bond motifs is 1. The van der Waals surface area contributed by atoms with E-state index in [9.17, 15) is 17.7 Å². The zero-order valence-corrected chi connectivity index (χ0v) is 16.6. The van der Waals surface area contributed by atoms with Gasteiger partial charge in [-0.15, -0.1) is 0 Å². The number of pyridine rings is 2. The van der Waals surface area contributed by atoms with Crippen LogP contribution in [0.2, 0.25) is 0 Å². The van der Waals surface area contributed by atoms with Gasteiger partial charge in [0.2, 0.25) is 0 Å². The van der Waals surface area contributed by atoms with Gasteiger partial charge in [-0.25, -0.2) is 18.2 Å². The molecule has 0 saturated heterocycles. The average molecular weight is 405 g/mol. The summed E-state index contributed by atoms with van der Waals surface area (Å²) in [5.74, 6) is -3.49. The molecule has 1 unspecified atom stereocenters. The van der Waals surface area contributed by atoms with Crippen molar-refractivity contribution in [3.63, 3.8) is 0 Å². The third-order valence-corrected chi connectivity index (χ3v) is 5.32. The average Bonchev–Trinajstić information content (AvgIpc) is 2.63. The van der Waals surface area contributed by atoms with E-state index in [-0.39, 0.29) is 22.2 Å². The van der Waals surface area contributed by atoms with E-state index >= 15 is 0 Å². The summed E-state index contributed by atoms with van der Waals surface area (Å²) in [6.45, 7) is 7.08. The molecular weight excluding hydrogens is 387 g/mol. The molecule has 1 atom stereocenters. The van der Waals surface area contributed by atoms with E-state index in [1.165, 1.54) is 12.3 Å². The monoisotopic (exact) mass is 405 g/mol. The topological polar surface area (TPSA) is 61.2 Å². The highest BCUT2D eigenvalue weighted by Gasteiger charge is 2.26. The molecule has 4 nitrogen and oxygen atoms in total. The molecular formula is C20H18F3N3OS.